The normalized spacial score (nSPS) is 16.5. The van der Waals surface area contributed by atoms with Crippen LogP contribution in [0.3, 0.4) is 0 Å². The van der Waals surface area contributed by atoms with E-state index in [0.29, 0.717) is 0 Å². The van der Waals surface area contributed by atoms with Crippen LogP contribution in [-0.4, -0.2) is 4.98 Å². The van der Waals surface area contributed by atoms with Crippen LogP contribution in [0.5, 0.6) is 0 Å². The Morgan fingerprint density at radius 2 is 1.71 bits per heavy atom. The molecule has 0 spiro atoms. The molecule has 0 bridgehead atoms. The maximum atomic E-state index is 4.47. The highest BCUT2D eigenvalue weighted by atomic mass is 14.7. The van der Waals surface area contributed by atoms with Crippen molar-refractivity contribution in [3.63, 3.8) is 0 Å². The minimum absolute atomic E-state index is 0.0466. The van der Waals surface area contributed by atoms with Gasteiger partial charge in [0.15, 0.2) is 0 Å². The fourth-order valence-corrected chi connectivity index (χ4v) is 2.59. The molecule has 0 N–H and O–H groups in total. The summed E-state index contributed by atoms with van der Waals surface area (Å²) in [4.78, 5) is 4.47. The van der Waals surface area contributed by atoms with Gasteiger partial charge in [-0.2, -0.15) is 0 Å². The molecule has 0 saturated carbocycles. The molecular formula is C16H15N. The molecule has 0 amide bonds. The van der Waals surface area contributed by atoms with E-state index in [1.165, 1.54) is 16.7 Å². The third kappa shape index (κ3) is 1.50. The molecule has 1 nitrogen and oxygen atoms in total. The predicted molar refractivity (Wildman–Crippen MR) is 71.6 cm³/mol. The molecular weight excluding hydrogens is 206 g/mol. The lowest BCUT2D eigenvalue weighted by Crippen LogP contribution is -2.16. The molecule has 17 heavy (non-hydrogen) atoms. The molecule has 2 aromatic rings. The highest BCUT2D eigenvalue weighted by Crippen LogP contribution is 2.45. The number of hydrogen-bond acceptors (Lipinski definition) is 1. The summed E-state index contributed by atoms with van der Waals surface area (Å²) in [6.07, 6.45) is 4.12. The van der Waals surface area contributed by atoms with Gasteiger partial charge >= 0.3 is 0 Å². The van der Waals surface area contributed by atoms with Gasteiger partial charge in [0.2, 0.25) is 0 Å². The van der Waals surface area contributed by atoms with E-state index < -0.39 is 0 Å². The number of allylic oxidation sites excluding steroid dienone is 1. The monoisotopic (exact) mass is 221 g/mol. The Hall–Kier alpha value is -1.89. The number of pyridine rings is 1. The van der Waals surface area contributed by atoms with Crippen LogP contribution < -0.4 is 0 Å². The van der Waals surface area contributed by atoms with Crippen molar-refractivity contribution in [2.24, 2.45) is 0 Å². The van der Waals surface area contributed by atoms with E-state index in [1.807, 2.05) is 18.3 Å². The number of benzene rings is 1. The predicted octanol–water partition coefficient (Wildman–Crippen LogP) is 3.91. The Bertz CT molecular complexity index is 579. The van der Waals surface area contributed by atoms with Gasteiger partial charge in [0.05, 0.1) is 5.69 Å². The standard InChI is InChI=1S/C16H15N/c1-16(2)13-8-4-3-7-12(13)11-14(16)15-9-5-6-10-17-15/h3-11H,1-2H3. The Kier molecular flexibility index (Phi) is 2.15. The number of hydrogen-bond donors (Lipinski definition) is 0. The van der Waals surface area contributed by atoms with Gasteiger partial charge in [-0.3, -0.25) is 4.98 Å². The van der Waals surface area contributed by atoms with Gasteiger partial charge in [-0.05, 0) is 34.9 Å². The van der Waals surface area contributed by atoms with E-state index in [9.17, 15) is 0 Å². The van der Waals surface area contributed by atoms with Gasteiger partial charge in [0.25, 0.3) is 0 Å². The van der Waals surface area contributed by atoms with Crippen molar-refractivity contribution >= 4 is 11.6 Å². The first-order valence-electron chi connectivity index (χ1n) is 5.93. The summed E-state index contributed by atoms with van der Waals surface area (Å²) in [5.41, 5.74) is 5.14. The molecule has 1 aliphatic carbocycles. The van der Waals surface area contributed by atoms with E-state index in [4.69, 9.17) is 0 Å². The third-order valence-corrected chi connectivity index (χ3v) is 3.55. The van der Waals surface area contributed by atoms with Crippen molar-refractivity contribution in [3.05, 3.63) is 65.5 Å². The molecule has 1 heterocycles. The fourth-order valence-electron chi connectivity index (χ4n) is 2.59. The van der Waals surface area contributed by atoms with Crippen LogP contribution in [0.25, 0.3) is 11.6 Å². The zero-order valence-corrected chi connectivity index (χ0v) is 10.1. The number of fused-ring (bicyclic) bond motifs is 1. The zero-order valence-electron chi connectivity index (χ0n) is 10.1. The molecule has 0 atom stereocenters. The van der Waals surface area contributed by atoms with Crippen molar-refractivity contribution in [2.75, 3.05) is 0 Å². The summed E-state index contributed by atoms with van der Waals surface area (Å²) in [6, 6.07) is 14.7. The van der Waals surface area contributed by atoms with Crippen molar-refractivity contribution in [1.29, 1.82) is 0 Å². The van der Waals surface area contributed by atoms with Crippen LogP contribution in [0, 0.1) is 0 Å². The molecule has 3 rings (SSSR count). The number of rotatable bonds is 1. The summed E-state index contributed by atoms with van der Waals surface area (Å²) < 4.78 is 0. The lowest BCUT2D eigenvalue weighted by molar-refractivity contribution is 0.701. The lowest BCUT2D eigenvalue weighted by Gasteiger charge is -2.24. The van der Waals surface area contributed by atoms with E-state index in [2.05, 4.69) is 55.2 Å². The Labute approximate surface area is 102 Å². The van der Waals surface area contributed by atoms with E-state index in [-0.39, 0.29) is 5.41 Å². The Morgan fingerprint density at radius 3 is 2.41 bits per heavy atom. The van der Waals surface area contributed by atoms with Gasteiger partial charge in [-0.1, -0.05) is 44.2 Å². The molecule has 0 fully saturated rings. The molecule has 0 radical (unpaired) electrons. The quantitative estimate of drug-likeness (QED) is 0.711. The van der Waals surface area contributed by atoms with Gasteiger partial charge in [-0.15, -0.1) is 0 Å². The van der Waals surface area contributed by atoms with Crippen molar-refractivity contribution in [3.8, 4) is 0 Å². The zero-order chi connectivity index (χ0) is 11.9. The van der Waals surface area contributed by atoms with Crippen LogP contribution in [0.1, 0.15) is 30.7 Å². The molecule has 1 aliphatic rings. The van der Waals surface area contributed by atoms with Gasteiger partial charge in [-0.25, -0.2) is 0 Å². The first-order valence-corrected chi connectivity index (χ1v) is 5.93. The first-order chi connectivity index (χ1) is 8.19. The van der Waals surface area contributed by atoms with Crippen LogP contribution in [0.2, 0.25) is 0 Å². The maximum Gasteiger partial charge on any atom is 0.0670 e. The minimum Gasteiger partial charge on any atom is -0.257 e. The van der Waals surface area contributed by atoms with E-state index in [1.54, 1.807) is 0 Å². The first kappa shape index (κ1) is 10.3. The Balaban J connectivity index is 2.17. The number of aromatic nitrogens is 1. The van der Waals surface area contributed by atoms with Crippen LogP contribution in [0.15, 0.2) is 48.7 Å². The molecule has 1 heteroatoms. The number of nitrogens with zero attached hydrogens (tertiary/aromatic N) is 1. The third-order valence-electron chi connectivity index (χ3n) is 3.55. The van der Waals surface area contributed by atoms with Crippen molar-refractivity contribution < 1.29 is 0 Å². The average Bonchev–Trinajstić information content (AvgIpc) is 2.63. The summed E-state index contributed by atoms with van der Waals surface area (Å²) >= 11 is 0. The smallest absolute Gasteiger partial charge is 0.0670 e. The fraction of sp³-hybridized carbons (Fsp3) is 0.188. The summed E-state index contributed by atoms with van der Waals surface area (Å²) in [6.45, 7) is 4.53. The summed E-state index contributed by atoms with van der Waals surface area (Å²) in [7, 11) is 0. The van der Waals surface area contributed by atoms with Gasteiger partial charge in [0, 0.05) is 11.6 Å². The molecule has 1 aromatic heterocycles. The van der Waals surface area contributed by atoms with Gasteiger partial charge in [0.1, 0.15) is 0 Å². The average molecular weight is 221 g/mol. The topological polar surface area (TPSA) is 12.9 Å². The van der Waals surface area contributed by atoms with E-state index in [0.717, 1.165) is 5.69 Å². The van der Waals surface area contributed by atoms with E-state index >= 15 is 0 Å². The lowest BCUT2D eigenvalue weighted by atomic mass is 9.80. The molecule has 0 aliphatic heterocycles. The highest BCUT2D eigenvalue weighted by molar-refractivity contribution is 5.92. The van der Waals surface area contributed by atoms with Gasteiger partial charge < -0.3 is 0 Å². The molecule has 0 unspecified atom stereocenters. The molecule has 84 valence electrons. The molecule has 0 saturated heterocycles. The highest BCUT2D eigenvalue weighted by Gasteiger charge is 2.33. The van der Waals surface area contributed by atoms with Crippen molar-refractivity contribution in [1.82, 2.24) is 4.98 Å². The molecule has 1 aromatic carbocycles. The summed E-state index contributed by atoms with van der Waals surface area (Å²) in [5, 5.41) is 0. The second kappa shape index (κ2) is 3.56. The largest absolute Gasteiger partial charge is 0.257 e. The van der Waals surface area contributed by atoms with Crippen LogP contribution in [0.4, 0.5) is 0 Å². The maximum absolute atomic E-state index is 4.47. The second-order valence-corrected chi connectivity index (χ2v) is 4.99. The van der Waals surface area contributed by atoms with Crippen LogP contribution >= 0.6 is 0 Å². The minimum atomic E-state index is 0.0466. The second-order valence-electron chi connectivity index (χ2n) is 4.99. The summed E-state index contributed by atoms with van der Waals surface area (Å²) in [5.74, 6) is 0. The van der Waals surface area contributed by atoms with Crippen LogP contribution in [-0.2, 0) is 5.41 Å². The SMILES string of the molecule is CC1(C)C(c2ccccn2)=Cc2ccccc21. The Morgan fingerprint density at radius 1 is 0.941 bits per heavy atom. The van der Waals surface area contributed by atoms with Crippen molar-refractivity contribution in [2.45, 2.75) is 19.3 Å².